The summed E-state index contributed by atoms with van der Waals surface area (Å²) in [5.41, 5.74) is 0.478. The molecule has 2 nitrogen and oxygen atoms in total. The molecular weight excluding hydrogens is 174 g/mol. The third-order valence-electron chi connectivity index (χ3n) is 2.91. The highest BCUT2D eigenvalue weighted by Gasteiger charge is 2.35. The van der Waals surface area contributed by atoms with Gasteiger partial charge in [0, 0.05) is 5.56 Å². The van der Waals surface area contributed by atoms with Gasteiger partial charge in [-0.05, 0) is 26.3 Å². The Balaban J connectivity index is 2.24. The van der Waals surface area contributed by atoms with E-state index in [1.165, 1.54) is 0 Å². The quantitative estimate of drug-likeness (QED) is 0.721. The fourth-order valence-electron chi connectivity index (χ4n) is 2.00. The van der Waals surface area contributed by atoms with Crippen LogP contribution in [0, 0.1) is 0 Å². The molecule has 1 aliphatic heterocycles. The second-order valence-electron chi connectivity index (χ2n) is 4.06. The fourth-order valence-corrected chi connectivity index (χ4v) is 2.00. The van der Waals surface area contributed by atoms with Gasteiger partial charge in [-0.1, -0.05) is 30.3 Å². The molecule has 1 N–H and O–H groups in total. The van der Waals surface area contributed by atoms with E-state index in [1.54, 1.807) is 0 Å². The number of ketones is 1. The molecule has 1 heterocycles. The van der Waals surface area contributed by atoms with Gasteiger partial charge in [0.2, 0.25) is 0 Å². The molecule has 2 rings (SSSR count). The van der Waals surface area contributed by atoms with E-state index in [0.717, 1.165) is 24.9 Å². The van der Waals surface area contributed by atoms with Crippen LogP contribution in [0.5, 0.6) is 0 Å². The van der Waals surface area contributed by atoms with Crippen molar-refractivity contribution >= 4 is 5.78 Å². The van der Waals surface area contributed by atoms with Gasteiger partial charge in [0.15, 0.2) is 5.78 Å². The first-order valence-electron chi connectivity index (χ1n) is 5.07. The molecular formula is C12H15NO. The molecule has 1 aliphatic rings. The van der Waals surface area contributed by atoms with Gasteiger partial charge in [0.25, 0.3) is 0 Å². The van der Waals surface area contributed by atoms with Crippen LogP contribution in [0.2, 0.25) is 0 Å². The summed E-state index contributed by atoms with van der Waals surface area (Å²) in [5, 5.41) is 3.28. The van der Waals surface area contributed by atoms with Gasteiger partial charge in [0.1, 0.15) is 0 Å². The van der Waals surface area contributed by atoms with Gasteiger partial charge in [-0.25, -0.2) is 0 Å². The van der Waals surface area contributed by atoms with E-state index in [0.29, 0.717) is 0 Å². The van der Waals surface area contributed by atoms with Crippen LogP contribution in [0.15, 0.2) is 30.3 Å². The van der Waals surface area contributed by atoms with Gasteiger partial charge in [-0.2, -0.15) is 0 Å². The first kappa shape index (κ1) is 9.41. The van der Waals surface area contributed by atoms with Crippen LogP contribution in [0.25, 0.3) is 0 Å². The highest BCUT2D eigenvalue weighted by atomic mass is 16.1. The Hall–Kier alpha value is -1.15. The second-order valence-corrected chi connectivity index (χ2v) is 4.06. The van der Waals surface area contributed by atoms with E-state index in [1.807, 2.05) is 37.3 Å². The number of carbonyl (C=O) groups is 1. The lowest BCUT2D eigenvalue weighted by atomic mass is 9.90. The van der Waals surface area contributed by atoms with Crippen molar-refractivity contribution in [3.05, 3.63) is 35.9 Å². The molecule has 0 radical (unpaired) electrons. The number of nitrogens with one attached hydrogen (secondary N) is 1. The zero-order chi connectivity index (χ0) is 10.0. The predicted molar refractivity (Wildman–Crippen MR) is 56.4 cm³/mol. The molecule has 0 bridgehead atoms. The normalized spacial score (nSPS) is 26.4. The molecule has 1 atom stereocenters. The average molecular weight is 189 g/mol. The monoisotopic (exact) mass is 189 g/mol. The minimum absolute atomic E-state index is 0.218. The van der Waals surface area contributed by atoms with Gasteiger partial charge >= 0.3 is 0 Å². The van der Waals surface area contributed by atoms with Crippen LogP contribution in [-0.4, -0.2) is 17.9 Å². The summed E-state index contributed by atoms with van der Waals surface area (Å²) < 4.78 is 0. The molecule has 1 aromatic carbocycles. The molecule has 2 heteroatoms. The highest BCUT2D eigenvalue weighted by Crippen LogP contribution is 2.23. The van der Waals surface area contributed by atoms with E-state index in [4.69, 9.17) is 0 Å². The molecule has 0 aliphatic carbocycles. The van der Waals surface area contributed by atoms with Gasteiger partial charge in [-0.15, -0.1) is 0 Å². The molecule has 1 unspecified atom stereocenters. The Kier molecular flexibility index (Phi) is 2.38. The molecule has 14 heavy (non-hydrogen) atoms. The molecule has 0 aromatic heterocycles. The van der Waals surface area contributed by atoms with E-state index < -0.39 is 0 Å². The van der Waals surface area contributed by atoms with Crippen molar-refractivity contribution in [3.8, 4) is 0 Å². The summed E-state index contributed by atoms with van der Waals surface area (Å²) in [5.74, 6) is 0.218. The number of Topliss-reactive ketones (excluding diaryl/α,β-unsaturated/α-hetero) is 1. The minimum Gasteiger partial charge on any atom is -0.305 e. The maximum atomic E-state index is 12.1. The molecule has 0 spiro atoms. The molecule has 1 fully saturated rings. The van der Waals surface area contributed by atoms with Crippen LogP contribution in [0.4, 0.5) is 0 Å². The number of benzene rings is 1. The van der Waals surface area contributed by atoms with Crippen molar-refractivity contribution in [1.82, 2.24) is 5.32 Å². The smallest absolute Gasteiger partial charge is 0.182 e. The van der Waals surface area contributed by atoms with Crippen LogP contribution >= 0.6 is 0 Å². The Bertz CT molecular complexity index is 325. The Morgan fingerprint density at radius 3 is 2.64 bits per heavy atom. The zero-order valence-electron chi connectivity index (χ0n) is 8.42. The number of carbonyl (C=O) groups excluding carboxylic acids is 1. The SMILES string of the molecule is CC1(C(=O)c2ccccc2)CCCN1. The highest BCUT2D eigenvalue weighted by molar-refractivity contribution is 6.03. The van der Waals surface area contributed by atoms with Gasteiger partial charge < -0.3 is 5.32 Å². The largest absolute Gasteiger partial charge is 0.305 e. The summed E-state index contributed by atoms with van der Waals surface area (Å²) in [4.78, 5) is 12.1. The van der Waals surface area contributed by atoms with Gasteiger partial charge in [0.05, 0.1) is 5.54 Å². The lowest BCUT2D eigenvalue weighted by molar-refractivity contribution is 0.0884. The maximum absolute atomic E-state index is 12.1. The minimum atomic E-state index is -0.332. The van der Waals surface area contributed by atoms with Crippen LogP contribution < -0.4 is 5.32 Å². The first-order chi connectivity index (χ1) is 6.72. The van der Waals surface area contributed by atoms with E-state index in [9.17, 15) is 4.79 Å². The topological polar surface area (TPSA) is 29.1 Å². The summed E-state index contributed by atoms with van der Waals surface area (Å²) in [6.45, 7) is 2.95. The van der Waals surface area contributed by atoms with Crippen molar-refractivity contribution in [2.24, 2.45) is 0 Å². The molecule has 1 saturated heterocycles. The third kappa shape index (κ3) is 1.58. The van der Waals surface area contributed by atoms with Crippen LogP contribution in [0.1, 0.15) is 30.1 Å². The standard InChI is InChI=1S/C12H15NO/c1-12(8-5-9-13-12)11(14)10-6-3-2-4-7-10/h2-4,6-7,13H,5,8-9H2,1H3. The van der Waals surface area contributed by atoms with E-state index in [2.05, 4.69) is 5.32 Å². The predicted octanol–water partition coefficient (Wildman–Crippen LogP) is 2.01. The van der Waals surface area contributed by atoms with Crippen molar-refractivity contribution in [2.75, 3.05) is 6.54 Å². The van der Waals surface area contributed by atoms with E-state index >= 15 is 0 Å². The van der Waals surface area contributed by atoms with E-state index in [-0.39, 0.29) is 11.3 Å². The van der Waals surface area contributed by atoms with Crippen molar-refractivity contribution in [1.29, 1.82) is 0 Å². The second kappa shape index (κ2) is 3.54. The Labute approximate surface area is 84.3 Å². The number of rotatable bonds is 2. The first-order valence-corrected chi connectivity index (χ1v) is 5.07. The lowest BCUT2D eigenvalue weighted by Gasteiger charge is -2.22. The Morgan fingerprint density at radius 1 is 1.36 bits per heavy atom. The summed E-state index contributed by atoms with van der Waals surface area (Å²) >= 11 is 0. The third-order valence-corrected chi connectivity index (χ3v) is 2.91. The molecule has 1 aromatic rings. The average Bonchev–Trinajstić information content (AvgIpc) is 2.67. The summed E-state index contributed by atoms with van der Waals surface area (Å²) in [6.07, 6.45) is 2.04. The summed E-state index contributed by atoms with van der Waals surface area (Å²) in [6, 6.07) is 9.51. The number of hydrogen-bond acceptors (Lipinski definition) is 2. The lowest BCUT2D eigenvalue weighted by Crippen LogP contribution is -2.44. The van der Waals surface area contributed by atoms with Crippen LogP contribution in [-0.2, 0) is 0 Å². The van der Waals surface area contributed by atoms with Crippen molar-refractivity contribution in [2.45, 2.75) is 25.3 Å². The summed E-state index contributed by atoms with van der Waals surface area (Å²) in [7, 11) is 0. The van der Waals surface area contributed by atoms with Gasteiger partial charge in [-0.3, -0.25) is 4.79 Å². The molecule has 0 amide bonds. The zero-order valence-corrected chi connectivity index (χ0v) is 8.42. The fraction of sp³-hybridized carbons (Fsp3) is 0.417. The number of hydrogen-bond donors (Lipinski definition) is 1. The van der Waals surface area contributed by atoms with Crippen LogP contribution in [0.3, 0.4) is 0 Å². The van der Waals surface area contributed by atoms with Crippen molar-refractivity contribution < 1.29 is 4.79 Å². The Morgan fingerprint density at radius 2 is 2.07 bits per heavy atom. The molecule has 0 saturated carbocycles. The maximum Gasteiger partial charge on any atom is 0.182 e. The van der Waals surface area contributed by atoms with Crippen molar-refractivity contribution in [3.63, 3.8) is 0 Å². The molecule has 74 valence electrons.